The van der Waals surface area contributed by atoms with E-state index in [4.69, 9.17) is 5.10 Å². The molecule has 1 unspecified atom stereocenters. The number of hydrogen-bond acceptors (Lipinski definition) is 4. The van der Waals surface area contributed by atoms with E-state index in [0.29, 0.717) is 17.5 Å². The highest BCUT2D eigenvalue weighted by Gasteiger charge is 2.61. The minimum absolute atomic E-state index is 0.0538. The van der Waals surface area contributed by atoms with Gasteiger partial charge in [-0.05, 0) is 64.8 Å². The molecule has 0 spiro atoms. The minimum Gasteiger partial charge on any atom is -0.348 e. The Balaban J connectivity index is 1.36. The number of carbonyl (C=O) groups excluding carboxylic acids is 1. The highest BCUT2D eigenvalue weighted by Crippen LogP contribution is 2.65. The molecular formula is C26H35N3OS. The Kier molecular flexibility index (Phi) is 5.16. The first-order valence-electron chi connectivity index (χ1n) is 12.0. The number of amides is 1. The van der Waals surface area contributed by atoms with Gasteiger partial charge in [0.2, 0.25) is 0 Å². The second kappa shape index (κ2) is 7.61. The molecule has 2 aliphatic carbocycles. The van der Waals surface area contributed by atoms with Crippen molar-refractivity contribution >= 4 is 33.0 Å². The van der Waals surface area contributed by atoms with Crippen LogP contribution in [0.5, 0.6) is 0 Å². The van der Waals surface area contributed by atoms with Crippen molar-refractivity contribution in [3.63, 3.8) is 0 Å². The van der Waals surface area contributed by atoms with Gasteiger partial charge in [0.05, 0.1) is 6.04 Å². The van der Waals surface area contributed by atoms with Crippen LogP contribution in [0.25, 0.3) is 10.1 Å². The molecule has 31 heavy (non-hydrogen) atoms. The third kappa shape index (κ3) is 3.23. The topological polar surface area (TPSA) is 44.7 Å². The molecule has 5 rings (SSSR count). The van der Waals surface area contributed by atoms with Crippen LogP contribution in [0.3, 0.4) is 0 Å². The summed E-state index contributed by atoms with van der Waals surface area (Å²) in [5, 5.41) is 14.1. The average Bonchev–Trinajstić information content (AvgIpc) is 3.46. The summed E-state index contributed by atoms with van der Waals surface area (Å²) >= 11 is 1.79. The summed E-state index contributed by atoms with van der Waals surface area (Å²) in [6.45, 7) is 10.3. The molecule has 0 saturated heterocycles. The lowest BCUT2D eigenvalue weighted by molar-refractivity contribution is -0.116. The van der Waals surface area contributed by atoms with Gasteiger partial charge < -0.3 is 5.32 Å². The molecular weight excluding hydrogens is 402 g/mol. The maximum absolute atomic E-state index is 13.4. The SMILES string of the molecule is CCCCN1N=C(C(=O)N[C@H]2C[C@@H]3CC[C@]2(C)C3(C)C)CC1c1csc2ccccc12. The summed E-state index contributed by atoms with van der Waals surface area (Å²) in [6.07, 6.45) is 6.55. The standard InChI is InChI=1S/C26H35N3OS/c1-5-6-13-29-21(19-16-31-22-10-8-7-9-18(19)22)15-20(28-29)24(30)27-23-14-17-11-12-26(23,4)25(17,2)3/h7-10,16-17,21,23H,5-6,11-15H2,1-4H3,(H,27,30)/t17-,21?,23-,26-/m0/s1. The number of hydrazone groups is 1. The summed E-state index contributed by atoms with van der Waals surface area (Å²) in [5.74, 6) is 0.775. The van der Waals surface area contributed by atoms with Crippen molar-refractivity contribution in [2.24, 2.45) is 21.8 Å². The van der Waals surface area contributed by atoms with Gasteiger partial charge in [0.25, 0.3) is 5.91 Å². The predicted molar refractivity (Wildman–Crippen MR) is 129 cm³/mol. The second-order valence-electron chi connectivity index (χ2n) is 10.6. The summed E-state index contributed by atoms with van der Waals surface area (Å²) in [5.41, 5.74) is 2.52. The number of nitrogens with one attached hydrogen (secondary N) is 1. The van der Waals surface area contributed by atoms with E-state index in [1.165, 1.54) is 28.5 Å². The van der Waals surface area contributed by atoms with E-state index in [1.807, 2.05) is 0 Å². The summed E-state index contributed by atoms with van der Waals surface area (Å²) in [6, 6.07) is 9.02. The van der Waals surface area contributed by atoms with E-state index in [1.54, 1.807) is 11.3 Å². The van der Waals surface area contributed by atoms with Crippen LogP contribution in [-0.2, 0) is 4.79 Å². The van der Waals surface area contributed by atoms with Crippen molar-refractivity contribution in [2.45, 2.75) is 78.3 Å². The predicted octanol–water partition coefficient (Wildman–Crippen LogP) is 6.14. The van der Waals surface area contributed by atoms with E-state index < -0.39 is 0 Å². The van der Waals surface area contributed by atoms with Crippen LogP contribution in [-0.4, -0.2) is 29.2 Å². The Morgan fingerprint density at radius 1 is 1.29 bits per heavy atom. The zero-order valence-electron chi connectivity index (χ0n) is 19.3. The van der Waals surface area contributed by atoms with Crippen molar-refractivity contribution in [1.82, 2.24) is 10.3 Å². The Labute approximate surface area is 190 Å². The Morgan fingerprint density at radius 3 is 2.81 bits per heavy atom. The number of hydrogen-bond donors (Lipinski definition) is 1. The quantitative estimate of drug-likeness (QED) is 0.590. The maximum Gasteiger partial charge on any atom is 0.267 e. The van der Waals surface area contributed by atoms with Gasteiger partial charge in [-0.3, -0.25) is 9.80 Å². The number of rotatable bonds is 6. The molecule has 1 aliphatic heterocycles. The number of unbranched alkanes of at least 4 members (excludes halogenated alkanes) is 1. The highest BCUT2D eigenvalue weighted by atomic mass is 32.1. The molecule has 2 aromatic rings. The van der Waals surface area contributed by atoms with Crippen molar-refractivity contribution in [3.05, 3.63) is 35.2 Å². The third-order valence-electron chi connectivity index (χ3n) is 8.97. The molecule has 3 aliphatic rings. The first-order valence-corrected chi connectivity index (χ1v) is 12.8. The van der Waals surface area contributed by atoms with Gasteiger partial charge in [-0.1, -0.05) is 52.3 Å². The van der Waals surface area contributed by atoms with Crippen molar-refractivity contribution in [3.8, 4) is 0 Å². The monoisotopic (exact) mass is 437 g/mol. The van der Waals surface area contributed by atoms with Gasteiger partial charge >= 0.3 is 0 Å². The van der Waals surface area contributed by atoms with Gasteiger partial charge in [0.15, 0.2) is 0 Å². The molecule has 2 bridgehead atoms. The van der Waals surface area contributed by atoms with E-state index in [-0.39, 0.29) is 23.4 Å². The molecule has 2 heterocycles. The molecule has 1 aromatic carbocycles. The second-order valence-corrected chi connectivity index (χ2v) is 11.5. The molecule has 166 valence electrons. The minimum atomic E-state index is 0.0538. The van der Waals surface area contributed by atoms with Crippen molar-refractivity contribution < 1.29 is 4.79 Å². The van der Waals surface area contributed by atoms with Gasteiger partial charge in [0, 0.05) is 23.7 Å². The molecule has 4 nitrogen and oxygen atoms in total. The Bertz CT molecular complexity index is 1020. The molecule has 1 N–H and O–H groups in total. The molecule has 4 atom stereocenters. The fourth-order valence-electron chi connectivity index (χ4n) is 6.41. The molecule has 0 radical (unpaired) electrons. The van der Waals surface area contributed by atoms with Crippen LogP contribution < -0.4 is 5.32 Å². The fraction of sp³-hybridized carbons (Fsp3) is 0.615. The van der Waals surface area contributed by atoms with Crippen LogP contribution >= 0.6 is 11.3 Å². The fourth-order valence-corrected chi connectivity index (χ4v) is 7.42. The van der Waals surface area contributed by atoms with Crippen molar-refractivity contribution in [2.75, 3.05) is 6.54 Å². The average molecular weight is 438 g/mol. The Morgan fingerprint density at radius 2 is 2.10 bits per heavy atom. The largest absolute Gasteiger partial charge is 0.348 e. The number of nitrogens with zero attached hydrogens (tertiary/aromatic N) is 2. The van der Waals surface area contributed by atoms with Crippen LogP contribution in [0, 0.1) is 16.7 Å². The maximum atomic E-state index is 13.4. The number of thiophene rings is 1. The molecule has 5 heteroatoms. The van der Waals surface area contributed by atoms with Crippen LogP contribution in [0.4, 0.5) is 0 Å². The smallest absolute Gasteiger partial charge is 0.267 e. The van der Waals surface area contributed by atoms with Gasteiger partial charge in [0.1, 0.15) is 5.71 Å². The van der Waals surface area contributed by atoms with E-state index in [9.17, 15) is 4.79 Å². The lowest BCUT2D eigenvalue weighted by Gasteiger charge is -2.39. The van der Waals surface area contributed by atoms with Crippen molar-refractivity contribution in [1.29, 1.82) is 0 Å². The van der Waals surface area contributed by atoms with Crippen LogP contribution in [0.15, 0.2) is 34.7 Å². The molecule has 1 amide bonds. The van der Waals surface area contributed by atoms with E-state index in [0.717, 1.165) is 31.7 Å². The summed E-state index contributed by atoms with van der Waals surface area (Å²) in [7, 11) is 0. The number of fused-ring (bicyclic) bond motifs is 3. The molecule has 1 aromatic heterocycles. The van der Waals surface area contributed by atoms with Crippen LogP contribution in [0.2, 0.25) is 0 Å². The molecule has 2 fully saturated rings. The van der Waals surface area contributed by atoms with E-state index >= 15 is 0 Å². The van der Waals surface area contributed by atoms with Gasteiger partial charge in [-0.15, -0.1) is 11.3 Å². The lowest BCUT2D eigenvalue weighted by Crippen LogP contribution is -2.48. The third-order valence-corrected chi connectivity index (χ3v) is 9.95. The first-order chi connectivity index (χ1) is 14.8. The van der Waals surface area contributed by atoms with E-state index in [2.05, 4.69) is 67.7 Å². The first kappa shape index (κ1) is 21.0. The number of benzene rings is 1. The van der Waals surface area contributed by atoms with Gasteiger partial charge in [-0.25, -0.2) is 0 Å². The van der Waals surface area contributed by atoms with Crippen LogP contribution in [0.1, 0.15) is 77.8 Å². The summed E-state index contributed by atoms with van der Waals surface area (Å²) < 4.78 is 1.31. The van der Waals surface area contributed by atoms with Gasteiger partial charge in [-0.2, -0.15) is 5.10 Å². The lowest BCUT2D eigenvalue weighted by atomic mass is 9.69. The normalized spacial score (nSPS) is 31.4. The zero-order chi connectivity index (χ0) is 21.8. The summed E-state index contributed by atoms with van der Waals surface area (Å²) in [4.78, 5) is 13.4. The molecule has 2 saturated carbocycles. The Hall–Kier alpha value is -1.88. The number of carbonyl (C=O) groups is 1. The zero-order valence-corrected chi connectivity index (χ0v) is 20.1. The highest BCUT2D eigenvalue weighted by molar-refractivity contribution is 7.17.